The van der Waals surface area contributed by atoms with E-state index in [-0.39, 0.29) is 0 Å². The lowest BCUT2D eigenvalue weighted by atomic mass is 10.2. The molecule has 2 nitrogen and oxygen atoms in total. The summed E-state index contributed by atoms with van der Waals surface area (Å²) in [6, 6.07) is 8.50. The first-order chi connectivity index (χ1) is 8.24. The lowest BCUT2D eigenvalue weighted by molar-refractivity contribution is 0.813. The number of fused-ring (bicyclic) bond motifs is 1. The number of hydrogen-bond donors (Lipinski definition) is 1. The van der Waals surface area contributed by atoms with Crippen molar-refractivity contribution in [2.45, 2.75) is 13.5 Å². The maximum Gasteiger partial charge on any atom is 0.178 e. The number of rotatable bonds is 2. The van der Waals surface area contributed by atoms with Crippen molar-refractivity contribution in [3.63, 3.8) is 0 Å². The van der Waals surface area contributed by atoms with E-state index in [1.807, 2.05) is 0 Å². The molecule has 0 fully saturated rings. The minimum absolute atomic E-state index is 0.789. The molecule has 3 rings (SSSR count). The molecule has 1 N–H and O–H groups in total. The molecule has 0 spiro atoms. The second-order valence-electron chi connectivity index (χ2n) is 4.17. The Kier molecular flexibility index (Phi) is 2.61. The van der Waals surface area contributed by atoms with Crippen LogP contribution in [0, 0.1) is 11.7 Å². The Morgan fingerprint density at radius 1 is 1.35 bits per heavy atom. The van der Waals surface area contributed by atoms with E-state index in [0.717, 1.165) is 16.8 Å². The molecule has 2 aromatic heterocycles. The number of nitrogens with one attached hydrogen (secondary N) is 1. The number of aryl methyl sites for hydroxylation is 1. The molecule has 1 aromatic carbocycles. The third kappa shape index (κ3) is 1.94. The standard InChI is InChI=1S/C13H12N2S2/c1-9-2-3-11-12(6-9)15(13(16)14-11)7-10-4-5-17-8-10/h2-6,8H,7H2,1H3,(H,14,16). The van der Waals surface area contributed by atoms with E-state index >= 15 is 0 Å². The fourth-order valence-corrected chi connectivity index (χ4v) is 2.92. The van der Waals surface area contributed by atoms with E-state index in [2.05, 4.69) is 51.5 Å². The molecule has 0 saturated carbocycles. The Bertz CT molecular complexity index is 705. The number of H-pyrrole nitrogens is 1. The minimum atomic E-state index is 0.789. The average molecular weight is 260 g/mol. The molecule has 0 atom stereocenters. The van der Waals surface area contributed by atoms with Gasteiger partial charge in [0.25, 0.3) is 0 Å². The van der Waals surface area contributed by atoms with Gasteiger partial charge in [-0.1, -0.05) is 6.07 Å². The molecule has 17 heavy (non-hydrogen) atoms. The van der Waals surface area contributed by atoms with Crippen LogP contribution in [0.2, 0.25) is 0 Å². The fraction of sp³-hybridized carbons (Fsp3) is 0.154. The summed E-state index contributed by atoms with van der Waals surface area (Å²) in [5, 5.41) is 4.26. The highest BCUT2D eigenvalue weighted by molar-refractivity contribution is 7.71. The predicted molar refractivity (Wildman–Crippen MR) is 75.3 cm³/mol. The number of nitrogens with zero attached hydrogens (tertiary/aromatic N) is 1. The van der Waals surface area contributed by atoms with Gasteiger partial charge in [-0.2, -0.15) is 11.3 Å². The molecular weight excluding hydrogens is 248 g/mol. The number of imidazole rings is 1. The highest BCUT2D eigenvalue weighted by Crippen LogP contribution is 2.18. The van der Waals surface area contributed by atoms with Gasteiger partial charge >= 0.3 is 0 Å². The highest BCUT2D eigenvalue weighted by Gasteiger charge is 2.05. The van der Waals surface area contributed by atoms with Gasteiger partial charge in [0.15, 0.2) is 4.77 Å². The van der Waals surface area contributed by atoms with Gasteiger partial charge in [0, 0.05) is 0 Å². The van der Waals surface area contributed by atoms with Crippen LogP contribution in [-0.2, 0) is 6.54 Å². The Morgan fingerprint density at radius 3 is 3.00 bits per heavy atom. The van der Waals surface area contributed by atoms with Crippen LogP contribution in [0.25, 0.3) is 11.0 Å². The number of thiophene rings is 1. The third-order valence-electron chi connectivity index (χ3n) is 2.85. The number of aromatic amines is 1. The third-order valence-corrected chi connectivity index (χ3v) is 3.91. The molecule has 0 bridgehead atoms. The maximum absolute atomic E-state index is 5.38. The molecular formula is C13H12N2S2. The molecule has 3 aromatic rings. The first-order valence-electron chi connectivity index (χ1n) is 5.44. The highest BCUT2D eigenvalue weighted by atomic mass is 32.1. The largest absolute Gasteiger partial charge is 0.331 e. The normalized spacial score (nSPS) is 11.1. The summed E-state index contributed by atoms with van der Waals surface area (Å²) < 4.78 is 2.94. The summed E-state index contributed by atoms with van der Waals surface area (Å²) in [6.07, 6.45) is 0. The summed E-state index contributed by atoms with van der Waals surface area (Å²) in [6.45, 7) is 2.94. The van der Waals surface area contributed by atoms with Gasteiger partial charge < -0.3 is 9.55 Å². The molecule has 4 heteroatoms. The lowest BCUT2D eigenvalue weighted by Gasteiger charge is -2.03. The number of aromatic nitrogens is 2. The molecule has 2 heterocycles. The SMILES string of the molecule is Cc1ccc2[nH]c(=S)n(Cc3ccsc3)c2c1. The summed E-state index contributed by atoms with van der Waals surface area (Å²) in [4.78, 5) is 3.25. The Balaban J connectivity index is 2.17. The van der Waals surface area contributed by atoms with Crippen molar-refractivity contribution in [1.29, 1.82) is 0 Å². The summed E-state index contributed by atoms with van der Waals surface area (Å²) in [5.41, 5.74) is 4.84. The van der Waals surface area contributed by atoms with Crippen LogP contribution in [-0.4, -0.2) is 9.55 Å². The van der Waals surface area contributed by atoms with Gasteiger partial charge in [-0.05, 0) is 59.2 Å². The van der Waals surface area contributed by atoms with Crippen LogP contribution in [0.4, 0.5) is 0 Å². The van der Waals surface area contributed by atoms with Crippen molar-refractivity contribution >= 4 is 34.6 Å². The topological polar surface area (TPSA) is 20.7 Å². The van der Waals surface area contributed by atoms with Crippen molar-refractivity contribution in [3.8, 4) is 0 Å². The fourth-order valence-electron chi connectivity index (χ4n) is 1.98. The van der Waals surface area contributed by atoms with Gasteiger partial charge in [-0.25, -0.2) is 0 Å². The van der Waals surface area contributed by atoms with Gasteiger partial charge in [0.05, 0.1) is 17.6 Å². The average Bonchev–Trinajstić information content (AvgIpc) is 2.90. The summed E-state index contributed by atoms with van der Waals surface area (Å²) in [5.74, 6) is 0. The number of hydrogen-bond acceptors (Lipinski definition) is 2. The monoisotopic (exact) mass is 260 g/mol. The van der Waals surface area contributed by atoms with E-state index in [9.17, 15) is 0 Å². The zero-order chi connectivity index (χ0) is 11.8. The van der Waals surface area contributed by atoms with Gasteiger partial charge in [0.2, 0.25) is 0 Å². The van der Waals surface area contributed by atoms with E-state index in [0.29, 0.717) is 0 Å². The Morgan fingerprint density at radius 2 is 2.24 bits per heavy atom. The first kappa shape index (κ1) is 10.7. The first-order valence-corrected chi connectivity index (χ1v) is 6.79. The van der Waals surface area contributed by atoms with Crippen molar-refractivity contribution in [2.24, 2.45) is 0 Å². The second kappa shape index (κ2) is 4.13. The zero-order valence-electron chi connectivity index (χ0n) is 9.43. The number of benzene rings is 1. The van der Waals surface area contributed by atoms with Gasteiger partial charge in [-0.3, -0.25) is 0 Å². The van der Waals surface area contributed by atoms with Crippen LogP contribution in [0.5, 0.6) is 0 Å². The molecule has 0 aliphatic heterocycles. The Hall–Kier alpha value is -1.39. The van der Waals surface area contributed by atoms with E-state index in [4.69, 9.17) is 12.2 Å². The maximum atomic E-state index is 5.38. The van der Waals surface area contributed by atoms with Crippen molar-refractivity contribution in [3.05, 3.63) is 50.9 Å². The van der Waals surface area contributed by atoms with Crippen LogP contribution >= 0.6 is 23.6 Å². The molecule has 0 aliphatic rings. The van der Waals surface area contributed by atoms with Crippen molar-refractivity contribution in [1.82, 2.24) is 9.55 Å². The molecule has 0 radical (unpaired) electrons. The summed E-state index contributed by atoms with van der Waals surface area (Å²) >= 11 is 7.10. The van der Waals surface area contributed by atoms with Crippen LogP contribution in [0.15, 0.2) is 35.0 Å². The van der Waals surface area contributed by atoms with Crippen molar-refractivity contribution in [2.75, 3.05) is 0 Å². The predicted octanol–water partition coefficient (Wildman–Crippen LogP) is 4.12. The lowest BCUT2D eigenvalue weighted by Crippen LogP contribution is -1.98. The van der Waals surface area contributed by atoms with Crippen LogP contribution in [0.1, 0.15) is 11.1 Å². The summed E-state index contributed by atoms with van der Waals surface area (Å²) in [7, 11) is 0. The van der Waals surface area contributed by atoms with Crippen molar-refractivity contribution < 1.29 is 0 Å². The minimum Gasteiger partial charge on any atom is -0.331 e. The Labute approximate surface area is 109 Å². The van der Waals surface area contributed by atoms with E-state index in [1.54, 1.807) is 11.3 Å². The molecule has 0 unspecified atom stereocenters. The smallest absolute Gasteiger partial charge is 0.178 e. The molecule has 86 valence electrons. The van der Waals surface area contributed by atoms with Crippen LogP contribution in [0.3, 0.4) is 0 Å². The van der Waals surface area contributed by atoms with Crippen LogP contribution < -0.4 is 0 Å². The molecule has 0 amide bonds. The quantitative estimate of drug-likeness (QED) is 0.687. The van der Waals surface area contributed by atoms with Gasteiger partial charge in [0.1, 0.15) is 0 Å². The zero-order valence-corrected chi connectivity index (χ0v) is 11.1. The second-order valence-corrected chi connectivity index (χ2v) is 5.34. The van der Waals surface area contributed by atoms with E-state index in [1.165, 1.54) is 16.6 Å². The van der Waals surface area contributed by atoms with E-state index < -0.39 is 0 Å². The molecule has 0 aliphatic carbocycles. The molecule has 0 saturated heterocycles. The van der Waals surface area contributed by atoms with Gasteiger partial charge in [-0.15, -0.1) is 0 Å².